The summed E-state index contributed by atoms with van der Waals surface area (Å²) < 4.78 is 63.0. The second-order valence-electron chi connectivity index (χ2n) is 7.49. The van der Waals surface area contributed by atoms with Crippen LogP contribution in [0.5, 0.6) is 0 Å². The van der Waals surface area contributed by atoms with Gasteiger partial charge in [-0.05, 0) is 40.8 Å². The molecule has 0 bridgehead atoms. The van der Waals surface area contributed by atoms with Crippen molar-refractivity contribution in [2.75, 3.05) is 18.9 Å². The number of anilines is 1. The minimum Gasteiger partial charge on any atom is -0.449 e. The van der Waals surface area contributed by atoms with Gasteiger partial charge in [-0.2, -0.15) is 21.6 Å². The first kappa shape index (κ1) is 26.5. The van der Waals surface area contributed by atoms with Crippen molar-refractivity contribution in [3.05, 3.63) is 53.6 Å². The van der Waals surface area contributed by atoms with E-state index >= 15 is 0 Å². The van der Waals surface area contributed by atoms with E-state index in [-0.39, 0.29) is 12.0 Å². The molecule has 2 aromatic rings. The van der Waals surface area contributed by atoms with Gasteiger partial charge >= 0.3 is 21.7 Å². The highest BCUT2D eigenvalue weighted by molar-refractivity contribution is 7.86. The molecule has 0 aromatic heterocycles. The van der Waals surface area contributed by atoms with E-state index in [1.54, 1.807) is 0 Å². The fraction of sp³-hybridized carbons (Fsp3) is 0.409. The molecule has 0 saturated heterocycles. The van der Waals surface area contributed by atoms with E-state index in [1.165, 1.54) is 29.5 Å². The molecule has 1 aliphatic rings. The minimum absolute atomic E-state index is 0.0673. The Morgan fingerprint density at radius 3 is 2.36 bits per heavy atom. The lowest BCUT2D eigenvalue weighted by atomic mass is 9.98. The summed E-state index contributed by atoms with van der Waals surface area (Å²) in [5.41, 5.74) is 5.85. The Morgan fingerprint density at radius 1 is 1.09 bits per heavy atom. The number of benzene rings is 2. The third-order valence-corrected chi connectivity index (χ3v) is 5.64. The number of carbonyl (C=O) groups excluding carboxylic acids is 1. The largest absolute Gasteiger partial charge is 0.522 e. The van der Waals surface area contributed by atoms with Gasteiger partial charge in [-0.1, -0.05) is 56.5 Å². The molecule has 0 heterocycles. The van der Waals surface area contributed by atoms with Crippen LogP contribution in [0.25, 0.3) is 11.1 Å². The number of hydrogen-bond donors (Lipinski definition) is 3. The predicted octanol–water partition coefficient (Wildman–Crippen LogP) is 5.08. The second-order valence-corrected chi connectivity index (χ2v) is 8.91. The molecule has 1 aliphatic carbocycles. The summed E-state index contributed by atoms with van der Waals surface area (Å²) in [6, 6.07) is 14.2. The number of alkyl halides is 3. The van der Waals surface area contributed by atoms with Gasteiger partial charge in [0.25, 0.3) is 0 Å². The Hall–Kier alpha value is -2.79. The number of nitrogens with one attached hydrogen (secondary N) is 1. The van der Waals surface area contributed by atoms with Crippen LogP contribution in [-0.2, 0) is 14.9 Å². The zero-order valence-electron chi connectivity index (χ0n) is 18.1. The van der Waals surface area contributed by atoms with Crippen molar-refractivity contribution in [3.63, 3.8) is 0 Å². The summed E-state index contributed by atoms with van der Waals surface area (Å²) in [4.78, 5) is 12.0. The van der Waals surface area contributed by atoms with Crippen molar-refractivity contribution in [2.24, 2.45) is 0 Å². The molecule has 0 fully saturated rings. The van der Waals surface area contributed by atoms with Crippen LogP contribution in [0.15, 0.2) is 42.5 Å². The molecule has 1 amide bonds. The first-order valence-electron chi connectivity index (χ1n) is 10.4. The molecule has 3 rings (SSSR count). The quantitative estimate of drug-likeness (QED) is 0.216. The summed E-state index contributed by atoms with van der Waals surface area (Å²) in [5.74, 6) is 0.0673. The molecule has 0 radical (unpaired) electrons. The van der Waals surface area contributed by atoms with E-state index in [0.717, 1.165) is 24.1 Å². The Balaban J connectivity index is 0.000000414. The van der Waals surface area contributed by atoms with Crippen molar-refractivity contribution in [1.82, 2.24) is 5.32 Å². The molecule has 0 spiro atoms. The average Bonchev–Trinajstić information content (AvgIpc) is 3.04. The standard InChI is InChI=1S/C21H26N2O2.CHF3O3S/c1-2-3-4-7-12-23-21(24)25-14-20-17-9-6-5-8-16(17)19-13-15(22)10-11-18(19)20;2-1(3,4)8(5,6)7/h5-6,8-11,13,20H,2-4,7,12,14,22H2,1H3,(H,23,24);(H,5,6,7). The summed E-state index contributed by atoms with van der Waals surface area (Å²) in [6.07, 6.45) is 4.20. The maximum absolute atomic E-state index is 12.0. The van der Waals surface area contributed by atoms with Gasteiger partial charge in [-0.3, -0.25) is 4.55 Å². The molecule has 11 heteroatoms. The number of rotatable bonds is 7. The van der Waals surface area contributed by atoms with Gasteiger partial charge in [0.2, 0.25) is 0 Å². The van der Waals surface area contributed by atoms with Crippen LogP contribution in [-0.4, -0.2) is 37.7 Å². The molecule has 33 heavy (non-hydrogen) atoms. The minimum atomic E-state index is -5.84. The molecular formula is C22H27F3N2O5S. The Bertz CT molecular complexity index is 1060. The zero-order chi connectivity index (χ0) is 24.6. The Morgan fingerprint density at radius 2 is 1.73 bits per heavy atom. The van der Waals surface area contributed by atoms with Gasteiger partial charge in [0.05, 0.1) is 0 Å². The summed E-state index contributed by atoms with van der Waals surface area (Å²) in [5, 5.41) is 2.84. The van der Waals surface area contributed by atoms with Crippen LogP contribution in [0.2, 0.25) is 0 Å². The van der Waals surface area contributed by atoms with Gasteiger partial charge < -0.3 is 15.8 Å². The normalized spacial score (nSPS) is 14.5. The van der Waals surface area contributed by atoms with Crippen LogP contribution in [0.1, 0.15) is 49.7 Å². The number of fused-ring (bicyclic) bond motifs is 3. The van der Waals surface area contributed by atoms with E-state index in [4.69, 9.17) is 23.4 Å². The SMILES string of the molecule is CCCCCCNC(=O)OCC1c2ccccc2-c2cc(N)ccc21.O=S(=O)(O)C(F)(F)F. The van der Waals surface area contributed by atoms with Crippen LogP contribution in [0.4, 0.5) is 23.7 Å². The van der Waals surface area contributed by atoms with Crippen molar-refractivity contribution >= 4 is 21.9 Å². The van der Waals surface area contributed by atoms with Crippen molar-refractivity contribution in [3.8, 4) is 11.1 Å². The third kappa shape index (κ3) is 7.36. The maximum atomic E-state index is 12.0. The number of unbranched alkanes of at least 4 members (excludes halogenated alkanes) is 3. The van der Waals surface area contributed by atoms with Gasteiger partial charge in [-0.15, -0.1) is 0 Å². The highest BCUT2D eigenvalue weighted by Crippen LogP contribution is 2.45. The van der Waals surface area contributed by atoms with Crippen LogP contribution in [0, 0.1) is 0 Å². The third-order valence-electron chi connectivity index (χ3n) is 5.05. The molecule has 7 nitrogen and oxygen atoms in total. The lowest BCUT2D eigenvalue weighted by molar-refractivity contribution is -0.0510. The first-order chi connectivity index (χ1) is 15.5. The monoisotopic (exact) mass is 488 g/mol. The molecule has 1 unspecified atom stereocenters. The van der Waals surface area contributed by atoms with Crippen molar-refractivity contribution in [2.45, 2.75) is 44.0 Å². The summed E-state index contributed by atoms with van der Waals surface area (Å²) in [6.45, 7) is 3.19. The number of alkyl carbamates (subject to hydrolysis) is 1. The van der Waals surface area contributed by atoms with Crippen LogP contribution < -0.4 is 11.1 Å². The molecule has 2 aromatic carbocycles. The molecule has 0 aliphatic heterocycles. The lowest BCUT2D eigenvalue weighted by Crippen LogP contribution is -2.27. The Kier molecular flexibility index (Phi) is 9.12. The Labute approximate surface area is 190 Å². The number of halogens is 3. The number of carbonyl (C=O) groups is 1. The van der Waals surface area contributed by atoms with E-state index in [1.807, 2.05) is 30.3 Å². The molecule has 182 valence electrons. The highest BCUT2D eigenvalue weighted by Gasteiger charge is 2.44. The number of hydrogen-bond acceptors (Lipinski definition) is 5. The van der Waals surface area contributed by atoms with Crippen molar-refractivity contribution in [1.29, 1.82) is 0 Å². The number of amides is 1. The molecule has 1 atom stereocenters. The van der Waals surface area contributed by atoms with Crippen molar-refractivity contribution < 1.29 is 35.7 Å². The van der Waals surface area contributed by atoms with Gasteiger partial charge in [0.15, 0.2) is 0 Å². The van der Waals surface area contributed by atoms with E-state index in [0.29, 0.717) is 13.2 Å². The summed E-state index contributed by atoms with van der Waals surface area (Å²) in [7, 11) is -5.84. The lowest BCUT2D eigenvalue weighted by Gasteiger charge is -2.14. The number of nitrogens with two attached hydrogens (primary N) is 1. The number of nitrogen functional groups attached to an aromatic ring is 1. The second kappa shape index (κ2) is 11.4. The fourth-order valence-corrected chi connectivity index (χ4v) is 3.46. The van der Waals surface area contributed by atoms with Gasteiger partial charge in [0, 0.05) is 18.2 Å². The highest BCUT2D eigenvalue weighted by atomic mass is 32.2. The average molecular weight is 489 g/mol. The van der Waals surface area contributed by atoms with Gasteiger partial charge in [-0.25, -0.2) is 4.79 Å². The topological polar surface area (TPSA) is 119 Å². The molecule has 0 saturated carbocycles. The summed E-state index contributed by atoms with van der Waals surface area (Å²) >= 11 is 0. The molecular weight excluding hydrogens is 461 g/mol. The fourth-order valence-electron chi connectivity index (χ4n) is 3.46. The van der Waals surface area contributed by atoms with Gasteiger partial charge in [0.1, 0.15) is 6.61 Å². The molecule has 4 N–H and O–H groups in total. The smallest absolute Gasteiger partial charge is 0.449 e. The van der Waals surface area contributed by atoms with E-state index in [2.05, 4.69) is 24.4 Å². The van der Waals surface area contributed by atoms with E-state index in [9.17, 15) is 18.0 Å². The zero-order valence-corrected chi connectivity index (χ0v) is 18.9. The van der Waals surface area contributed by atoms with Crippen LogP contribution >= 0.6 is 0 Å². The van der Waals surface area contributed by atoms with Crippen LogP contribution in [0.3, 0.4) is 0 Å². The predicted molar refractivity (Wildman–Crippen MR) is 119 cm³/mol. The first-order valence-corrected chi connectivity index (χ1v) is 11.8. The van der Waals surface area contributed by atoms with E-state index < -0.39 is 15.6 Å². The number of ether oxygens (including phenoxy) is 1. The maximum Gasteiger partial charge on any atom is 0.522 e.